The molecule has 2 heterocycles. The van der Waals surface area contributed by atoms with Crippen LogP contribution in [-0.2, 0) is 16.1 Å². The summed E-state index contributed by atoms with van der Waals surface area (Å²) in [5, 5.41) is 26.8. The van der Waals surface area contributed by atoms with Crippen molar-refractivity contribution in [2.45, 2.75) is 43.4 Å². The summed E-state index contributed by atoms with van der Waals surface area (Å²) in [6.07, 6.45) is -0.486. The first kappa shape index (κ1) is 18.5. The van der Waals surface area contributed by atoms with Crippen LogP contribution in [0.15, 0.2) is 24.3 Å². The molecule has 10 heteroatoms. The average Bonchev–Trinajstić information content (AvgIpc) is 2.61. The van der Waals surface area contributed by atoms with Crippen LogP contribution in [0.1, 0.15) is 24.0 Å². The van der Waals surface area contributed by atoms with Gasteiger partial charge in [0.15, 0.2) is 0 Å². The van der Waals surface area contributed by atoms with E-state index in [4.69, 9.17) is 0 Å². The highest BCUT2D eigenvalue weighted by molar-refractivity contribution is 5.92. The Hall–Kier alpha value is -2.88. The molecular formula is C18H20N4O6. The van der Waals surface area contributed by atoms with Crippen molar-refractivity contribution < 1.29 is 19.4 Å². The topological polar surface area (TPSA) is 136 Å². The standard InChI is InChI=1S/C18H20N4O6/c1-11-2-4-12(5-3-11)8-20-9-17(21(25)26)14-6-13(23)7-15(17)19-16(24)18(14,10-20)22(27)28/h2-5,14-15H,6-10H2,1H3,(H,19,24). The van der Waals surface area contributed by atoms with Gasteiger partial charge in [0.1, 0.15) is 17.7 Å². The van der Waals surface area contributed by atoms with Gasteiger partial charge in [-0.05, 0) is 12.5 Å². The Morgan fingerprint density at radius 3 is 2.39 bits per heavy atom. The molecule has 1 amide bonds. The zero-order valence-corrected chi connectivity index (χ0v) is 15.3. The molecule has 1 aromatic carbocycles. The lowest BCUT2D eigenvalue weighted by Crippen LogP contribution is -2.86. The van der Waals surface area contributed by atoms with E-state index in [1.165, 1.54) is 0 Å². The van der Waals surface area contributed by atoms with Gasteiger partial charge in [-0.3, -0.25) is 34.7 Å². The molecule has 0 radical (unpaired) electrons. The predicted molar refractivity (Wildman–Crippen MR) is 95.6 cm³/mol. The van der Waals surface area contributed by atoms with Crippen molar-refractivity contribution in [3.63, 3.8) is 0 Å². The van der Waals surface area contributed by atoms with Gasteiger partial charge in [0.2, 0.25) is 0 Å². The van der Waals surface area contributed by atoms with Gasteiger partial charge in [-0.25, -0.2) is 0 Å². The minimum atomic E-state index is -2.21. The number of amides is 1. The van der Waals surface area contributed by atoms with E-state index in [-0.39, 0.29) is 38.3 Å². The molecule has 4 unspecified atom stereocenters. The minimum Gasteiger partial charge on any atom is -0.339 e. The summed E-state index contributed by atoms with van der Waals surface area (Å²) in [5.41, 5.74) is -2.06. The Morgan fingerprint density at radius 1 is 1.11 bits per heavy atom. The summed E-state index contributed by atoms with van der Waals surface area (Å²) in [5.74, 6) is -2.36. The molecular weight excluding hydrogens is 368 g/mol. The number of carbonyl (C=O) groups is 2. The highest BCUT2D eigenvalue weighted by Crippen LogP contribution is 2.50. The van der Waals surface area contributed by atoms with Gasteiger partial charge >= 0.3 is 5.54 Å². The highest BCUT2D eigenvalue weighted by Gasteiger charge is 2.80. The summed E-state index contributed by atoms with van der Waals surface area (Å²) in [4.78, 5) is 49.6. The number of Topliss-reactive ketones (excluding diaryl/α,β-unsaturated/α-hetero) is 1. The van der Waals surface area contributed by atoms with Crippen LogP contribution >= 0.6 is 0 Å². The molecule has 148 valence electrons. The van der Waals surface area contributed by atoms with Gasteiger partial charge in [0.05, 0.1) is 13.1 Å². The van der Waals surface area contributed by atoms with Gasteiger partial charge in [-0.2, -0.15) is 0 Å². The first-order valence-corrected chi connectivity index (χ1v) is 9.09. The number of piperidine rings is 2. The van der Waals surface area contributed by atoms with E-state index in [2.05, 4.69) is 5.32 Å². The van der Waals surface area contributed by atoms with E-state index in [1.54, 1.807) is 4.90 Å². The fraction of sp³-hybridized carbons (Fsp3) is 0.556. The molecule has 4 atom stereocenters. The van der Waals surface area contributed by atoms with Crippen molar-refractivity contribution >= 4 is 11.7 Å². The van der Waals surface area contributed by atoms with Gasteiger partial charge < -0.3 is 5.32 Å². The van der Waals surface area contributed by atoms with E-state index in [1.807, 2.05) is 31.2 Å². The van der Waals surface area contributed by atoms with Crippen LogP contribution in [0, 0.1) is 33.1 Å². The van der Waals surface area contributed by atoms with Crippen molar-refractivity contribution in [2.75, 3.05) is 13.1 Å². The maximum atomic E-state index is 12.8. The molecule has 3 aliphatic rings. The van der Waals surface area contributed by atoms with Crippen molar-refractivity contribution in [1.82, 2.24) is 10.2 Å². The Labute approximate surface area is 160 Å². The van der Waals surface area contributed by atoms with Crippen molar-refractivity contribution in [3.05, 3.63) is 55.6 Å². The van der Waals surface area contributed by atoms with Crippen LogP contribution in [0.3, 0.4) is 0 Å². The molecule has 4 rings (SSSR count). The normalized spacial score (nSPS) is 34.6. The first-order chi connectivity index (χ1) is 13.2. The van der Waals surface area contributed by atoms with E-state index in [0.29, 0.717) is 0 Å². The molecule has 10 nitrogen and oxygen atoms in total. The van der Waals surface area contributed by atoms with Crippen LogP contribution in [0.2, 0.25) is 0 Å². The number of nitro groups is 2. The van der Waals surface area contributed by atoms with Crippen molar-refractivity contribution in [3.8, 4) is 0 Å². The molecule has 1 saturated carbocycles. The highest BCUT2D eigenvalue weighted by atomic mass is 16.6. The summed E-state index contributed by atoms with van der Waals surface area (Å²) in [6.45, 7) is 1.87. The molecule has 1 aromatic rings. The number of hydrogen-bond donors (Lipinski definition) is 1. The van der Waals surface area contributed by atoms with Crippen LogP contribution in [0.25, 0.3) is 0 Å². The number of ketones is 1. The maximum Gasteiger partial charge on any atom is 0.321 e. The zero-order valence-electron chi connectivity index (χ0n) is 15.3. The maximum absolute atomic E-state index is 12.8. The number of aryl methyl sites for hydroxylation is 1. The molecule has 2 aliphatic heterocycles. The van der Waals surface area contributed by atoms with E-state index in [9.17, 15) is 29.8 Å². The lowest BCUT2D eigenvalue weighted by molar-refractivity contribution is -0.642. The predicted octanol–water partition coefficient (Wildman–Crippen LogP) is 0.319. The summed E-state index contributed by atoms with van der Waals surface area (Å²) in [6, 6.07) is 6.48. The fourth-order valence-corrected chi connectivity index (χ4v) is 5.14. The lowest BCUT2D eigenvalue weighted by Gasteiger charge is -2.55. The smallest absolute Gasteiger partial charge is 0.321 e. The zero-order chi connectivity index (χ0) is 20.3. The summed E-state index contributed by atoms with van der Waals surface area (Å²) >= 11 is 0. The largest absolute Gasteiger partial charge is 0.339 e. The second-order valence-corrected chi connectivity index (χ2v) is 8.09. The fourth-order valence-electron chi connectivity index (χ4n) is 5.14. The number of benzene rings is 1. The van der Waals surface area contributed by atoms with Crippen molar-refractivity contribution in [2.24, 2.45) is 5.92 Å². The lowest BCUT2D eigenvalue weighted by atomic mass is 9.56. The third-order valence-electron chi connectivity index (χ3n) is 6.48. The van der Waals surface area contributed by atoms with Crippen molar-refractivity contribution in [1.29, 1.82) is 0 Å². The number of likely N-dealkylation sites (tertiary alicyclic amines) is 1. The molecule has 0 aromatic heterocycles. The molecule has 1 N–H and O–H groups in total. The molecule has 0 spiro atoms. The Balaban J connectivity index is 1.80. The van der Waals surface area contributed by atoms with Crippen LogP contribution in [0.5, 0.6) is 0 Å². The van der Waals surface area contributed by atoms with Gasteiger partial charge in [0.25, 0.3) is 11.4 Å². The number of nitrogens with zero attached hydrogens (tertiary/aromatic N) is 3. The number of carbonyl (C=O) groups excluding carboxylic acids is 2. The Morgan fingerprint density at radius 2 is 1.79 bits per heavy atom. The second kappa shape index (κ2) is 6.06. The first-order valence-electron chi connectivity index (χ1n) is 9.09. The third kappa shape index (κ3) is 2.37. The van der Waals surface area contributed by atoms with Gasteiger partial charge in [-0.15, -0.1) is 0 Å². The van der Waals surface area contributed by atoms with Crippen LogP contribution < -0.4 is 5.32 Å². The Bertz CT molecular complexity index is 887. The average molecular weight is 388 g/mol. The summed E-state index contributed by atoms with van der Waals surface area (Å²) < 4.78 is 0. The SMILES string of the molecule is Cc1ccc(CN2CC3([N+](=O)[O-])C(=O)NC4CC(=O)CC3C4([N+](=O)[O-])C2)cc1. The molecule has 28 heavy (non-hydrogen) atoms. The van der Waals surface area contributed by atoms with Gasteiger partial charge in [0, 0.05) is 29.2 Å². The monoisotopic (exact) mass is 388 g/mol. The van der Waals surface area contributed by atoms with Crippen LogP contribution in [0.4, 0.5) is 0 Å². The van der Waals surface area contributed by atoms with Gasteiger partial charge in [-0.1, -0.05) is 29.8 Å². The van der Waals surface area contributed by atoms with E-state index >= 15 is 0 Å². The number of nitrogens with one attached hydrogen (secondary N) is 1. The number of hydrogen-bond acceptors (Lipinski definition) is 7. The quantitative estimate of drug-likeness (QED) is 0.579. The summed E-state index contributed by atoms with van der Waals surface area (Å²) in [7, 11) is 0. The molecule has 3 fully saturated rings. The van der Waals surface area contributed by atoms with E-state index in [0.717, 1.165) is 11.1 Å². The minimum absolute atomic E-state index is 0.0492. The second-order valence-electron chi connectivity index (χ2n) is 8.09. The van der Waals surface area contributed by atoms with Crippen LogP contribution in [-0.4, -0.2) is 56.6 Å². The molecule has 4 bridgehead atoms. The molecule has 1 aliphatic carbocycles. The number of rotatable bonds is 4. The Kier molecular flexibility index (Phi) is 4.00. The third-order valence-corrected chi connectivity index (χ3v) is 6.48. The van der Waals surface area contributed by atoms with E-state index < -0.39 is 38.8 Å². The molecule has 2 saturated heterocycles.